The Hall–Kier alpha value is -1.72. The molecular formula is C14H16N4S. The van der Waals surface area contributed by atoms with Crippen molar-refractivity contribution in [1.29, 1.82) is 0 Å². The summed E-state index contributed by atoms with van der Waals surface area (Å²) >= 11 is 1.67. The van der Waals surface area contributed by atoms with Gasteiger partial charge < -0.3 is 5.32 Å². The van der Waals surface area contributed by atoms with Crippen LogP contribution in [0, 0.1) is 6.92 Å². The van der Waals surface area contributed by atoms with Crippen LogP contribution < -0.4 is 5.32 Å². The quantitative estimate of drug-likeness (QED) is 0.794. The van der Waals surface area contributed by atoms with Gasteiger partial charge in [0.2, 0.25) is 0 Å². The lowest BCUT2D eigenvalue weighted by atomic mass is 10.1. The van der Waals surface area contributed by atoms with Gasteiger partial charge >= 0.3 is 0 Å². The minimum absolute atomic E-state index is 0.298. The molecule has 19 heavy (non-hydrogen) atoms. The van der Waals surface area contributed by atoms with E-state index in [-0.39, 0.29) is 0 Å². The second-order valence-electron chi connectivity index (χ2n) is 4.58. The van der Waals surface area contributed by atoms with Crippen molar-refractivity contribution in [2.75, 3.05) is 0 Å². The number of nitrogens with zero attached hydrogens (tertiary/aromatic N) is 3. The highest BCUT2D eigenvalue weighted by atomic mass is 32.1. The molecule has 0 radical (unpaired) electrons. The van der Waals surface area contributed by atoms with E-state index in [9.17, 15) is 0 Å². The molecule has 0 aliphatic rings. The van der Waals surface area contributed by atoms with Crippen molar-refractivity contribution in [2.45, 2.75) is 26.4 Å². The normalized spacial score (nSPS) is 12.9. The number of aromatic nitrogens is 3. The Kier molecular flexibility index (Phi) is 3.31. The van der Waals surface area contributed by atoms with Gasteiger partial charge in [-0.2, -0.15) is 0 Å². The third kappa shape index (κ3) is 2.39. The average molecular weight is 272 g/mol. The number of pyridine rings is 1. The lowest BCUT2D eigenvalue weighted by Crippen LogP contribution is -2.19. The lowest BCUT2D eigenvalue weighted by molar-refractivity contribution is 0.564. The van der Waals surface area contributed by atoms with E-state index in [1.807, 2.05) is 24.5 Å². The highest BCUT2D eigenvalue weighted by Gasteiger charge is 2.11. The number of rotatable bonds is 4. The third-order valence-corrected chi connectivity index (χ3v) is 4.10. The van der Waals surface area contributed by atoms with Crippen molar-refractivity contribution >= 4 is 16.3 Å². The molecule has 1 N–H and O–H groups in total. The summed E-state index contributed by atoms with van der Waals surface area (Å²) in [5, 5.41) is 5.61. The first-order chi connectivity index (χ1) is 9.25. The molecule has 3 rings (SSSR count). The van der Waals surface area contributed by atoms with Crippen LogP contribution in [-0.4, -0.2) is 14.4 Å². The molecule has 0 aliphatic heterocycles. The van der Waals surface area contributed by atoms with Crippen LogP contribution in [0.3, 0.4) is 0 Å². The number of hydrogen-bond donors (Lipinski definition) is 1. The van der Waals surface area contributed by atoms with Crippen molar-refractivity contribution in [2.24, 2.45) is 0 Å². The maximum Gasteiger partial charge on any atom is 0.194 e. The maximum atomic E-state index is 4.56. The number of nitrogens with one attached hydrogen (secondary N) is 1. The number of imidazole rings is 1. The number of thiazole rings is 1. The fourth-order valence-electron chi connectivity index (χ4n) is 2.17. The summed E-state index contributed by atoms with van der Waals surface area (Å²) in [5.41, 5.74) is 3.58. The summed E-state index contributed by atoms with van der Waals surface area (Å²) in [6, 6.07) is 4.38. The molecule has 0 fully saturated rings. The van der Waals surface area contributed by atoms with Gasteiger partial charge in [-0.15, -0.1) is 11.3 Å². The zero-order chi connectivity index (χ0) is 13.2. The molecule has 0 bridgehead atoms. The summed E-state index contributed by atoms with van der Waals surface area (Å²) in [5.74, 6) is 0. The highest BCUT2D eigenvalue weighted by molar-refractivity contribution is 7.15. The maximum absolute atomic E-state index is 4.56. The van der Waals surface area contributed by atoms with Crippen LogP contribution in [0.1, 0.15) is 29.9 Å². The SMILES string of the molecule is Cc1nc2sccn2c1CNC(C)c1ccncc1. The standard InChI is InChI=1S/C14H16N4S/c1-10(12-3-5-15-6-4-12)16-9-13-11(2)17-14-18(13)7-8-19-14/h3-8,10,16H,9H2,1-2H3. The number of hydrogen-bond acceptors (Lipinski definition) is 4. The van der Waals surface area contributed by atoms with Gasteiger partial charge in [0.05, 0.1) is 11.4 Å². The minimum Gasteiger partial charge on any atom is -0.305 e. The van der Waals surface area contributed by atoms with Crippen molar-refractivity contribution < 1.29 is 0 Å². The van der Waals surface area contributed by atoms with E-state index in [0.29, 0.717) is 6.04 Å². The van der Waals surface area contributed by atoms with Gasteiger partial charge in [-0.25, -0.2) is 4.98 Å². The van der Waals surface area contributed by atoms with E-state index in [1.165, 1.54) is 11.3 Å². The molecular weight excluding hydrogens is 256 g/mol. The monoisotopic (exact) mass is 272 g/mol. The zero-order valence-corrected chi connectivity index (χ0v) is 11.8. The van der Waals surface area contributed by atoms with Crippen LogP contribution in [0.25, 0.3) is 4.96 Å². The predicted octanol–water partition coefficient (Wildman–Crippen LogP) is 2.95. The van der Waals surface area contributed by atoms with Crippen LogP contribution in [0.4, 0.5) is 0 Å². The van der Waals surface area contributed by atoms with E-state index in [4.69, 9.17) is 0 Å². The first-order valence-corrected chi connectivity index (χ1v) is 7.18. The van der Waals surface area contributed by atoms with Gasteiger partial charge in [0.15, 0.2) is 4.96 Å². The van der Waals surface area contributed by atoms with Gasteiger partial charge in [-0.1, -0.05) is 0 Å². The van der Waals surface area contributed by atoms with E-state index < -0.39 is 0 Å². The van der Waals surface area contributed by atoms with Crippen LogP contribution in [0.5, 0.6) is 0 Å². The fraction of sp³-hybridized carbons (Fsp3) is 0.286. The number of fused-ring (bicyclic) bond motifs is 1. The van der Waals surface area contributed by atoms with Gasteiger partial charge in [0, 0.05) is 36.6 Å². The lowest BCUT2D eigenvalue weighted by Gasteiger charge is -2.13. The zero-order valence-electron chi connectivity index (χ0n) is 11.0. The van der Waals surface area contributed by atoms with Crippen LogP contribution >= 0.6 is 11.3 Å². The first kappa shape index (κ1) is 12.3. The smallest absolute Gasteiger partial charge is 0.194 e. The van der Waals surface area contributed by atoms with Crippen LogP contribution in [0.15, 0.2) is 36.1 Å². The van der Waals surface area contributed by atoms with Crippen molar-refractivity contribution in [3.05, 3.63) is 53.1 Å². The average Bonchev–Trinajstić information content (AvgIpc) is 2.98. The molecule has 4 nitrogen and oxygen atoms in total. The molecule has 3 heterocycles. The molecule has 0 aromatic carbocycles. The Bertz CT molecular complexity index is 671. The Morgan fingerprint density at radius 2 is 2.16 bits per heavy atom. The summed E-state index contributed by atoms with van der Waals surface area (Å²) in [4.78, 5) is 9.66. The number of aryl methyl sites for hydroxylation is 1. The predicted molar refractivity (Wildman–Crippen MR) is 77.3 cm³/mol. The second-order valence-corrected chi connectivity index (χ2v) is 5.46. The molecule has 98 valence electrons. The van der Waals surface area contributed by atoms with Gasteiger partial charge in [-0.05, 0) is 31.5 Å². The molecule has 0 aliphatic carbocycles. The van der Waals surface area contributed by atoms with Gasteiger partial charge in [0.25, 0.3) is 0 Å². The Morgan fingerprint density at radius 1 is 1.37 bits per heavy atom. The largest absolute Gasteiger partial charge is 0.305 e. The van der Waals surface area contributed by atoms with Crippen molar-refractivity contribution in [1.82, 2.24) is 19.7 Å². The topological polar surface area (TPSA) is 42.2 Å². The van der Waals surface area contributed by atoms with E-state index in [0.717, 1.165) is 17.2 Å². The summed E-state index contributed by atoms with van der Waals surface area (Å²) in [6.07, 6.45) is 5.73. The first-order valence-electron chi connectivity index (χ1n) is 6.30. The highest BCUT2D eigenvalue weighted by Crippen LogP contribution is 2.18. The Morgan fingerprint density at radius 3 is 2.95 bits per heavy atom. The molecule has 3 aromatic rings. The Balaban J connectivity index is 1.76. The van der Waals surface area contributed by atoms with Crippen molar-refractivity contribution in [3.8, 4) is 0 Å². The summed E-state index contributed by atoms with van der Waals surface area (Å²) < 4.78 is 2.16. The molecule has 0 amide bonds. The molecule has 1 atom stereocenters. The molecule has 5 heteroatoms. The van der Waals surface area contributed by atoms with E-state index >= 15 is 0 Å². The minimum atomic E-state index is 0.298. The van der Waals surface area contributed by atoms with Crippen molar-refractivity contribution in [3.63, 3.8) is 0 Å². The fourth-order valence-corrected chi connectivity index (χ4v) is 2.95. The summed E-state index contributed by atoms with van der Waals surface area (Å²) in [7, 11) is 0. The van der Waals surface area contributed by atoms with Gasteiger partial charge in [-0.3, -0.25) is 9.38 Å². The molecule has 0 spiro atoms. The molecule has 0 saturated heterocycles. The van der Waals surface area contributed by atoms with Crippen LogP contribution in [0.2, 0.25) is 0 Å². The Labute approximate surface area is 116 Å². The third-order valence-electron chi connectivity index (χ3n) is 3.34. The van der Waals surface area contributed by atoms with E-state index in [1.54, 1.807) is 11.3 Å². The molecule has 1 unspecified atom stereocenters. The van der Waals surface area contributed by atoms with Crippen LogP contribution in [-0.2, 0) is 6.54 Å². The van der Waals surface area contributed by atoms with E-state index in [2.05, 4.69) is 45.1 Å². The van der Waals surface area contributed by atoms with Gasteiger partial charge in [0.1, 0.15) is 0 Å². The second kappa shape index (κ2) is 5.11. The summed E-state index contributed by atoms with van der Waals surface area (Å²) in [6.45, 7) is 5.04. The molecule has 0 saturated carbocycles. The molecule has 3 aromatic heterocycles.